The zero-order chi connectivity index (χ0) is 9.78. The fourth-order valence-corrected chi connectivity index (χ4v) is 0.966. The second-order valence-electron chi connectivity index (χ2n) is 1.82. The summed E-state index contributed by atoms with van der Waals surface area (Å²) in [6.07, 6.45) is 0. The van der Waals surface area contributed by atoms with Gasteiger partial charge in [0.15, 0.2) is 0 Å². The second kappa shape index (κ2) is 4.36. The standard InChI is InChI=1S/C5H10FNO4S/c1-3-11-5(8)4(6)12(9,10)7-2/h4,7H,3H2,1-2H3. The molecule has 0 fully saturated rings. The van der Waals surface area contributed by atoms with Gasteiger partial charge in [0.1, 0.15) is 0 Å². The Bertz CT molecular complexity index is 250. The number of hydrogen-bond donors (Lipinski definition) is 1. The third kappa shape index (κ3) is 2.74. The topological polar surface area (TPSA) is 72.5 Å². The Hall–Kier alpha value is -0.690. The van der Waals surface area contributed by atoms with E-state index in [1.54, 1.807) is 4.72 Å². The van der Waals surface area contributed by atoms with Gasteiger partial charge in [-0.1, -0.05) is 0 Å². The van der Waals surface area contributed by atoms with E-state index in [0.29, 0.717) is 0 Å². The molecule has 0 bridgehead atoms. The lowest BCUT2D eigenvalue weighted by Crippen LogP contribution is -2.35. The summed E-state index contributed by atoms with van der Waals surface area (Å²) in [6, 6.07) is 0. The minimum Gasteiger partial charge on any atom is -0.463 e. The van der Waals surface area contributed by atoms with E-state index in [-0.39, 0.29) is 6.61 Å². The van der Waals surface area contributed by atoms with E-state index in [1.807, 2.05) is 0 Å². The summed E-state index contributed by atoms with van der Waals surface area (Å²) in [4.78, 5) is 10.5. The first-order chi connectivity index (χ1) is 5.45. The second-order valence-corrected chi connectivity index (χ2v) is 3.73. The monoisotopic (exact) mass is 199 g/mol. The number of esters is 1. The molecular weight excluding hydrogens is 189 g/mol. The number of rotatable bonds is 4. The normalized spacial score (nSPS) is 13.9. The van der Waals surface area contributed by atoms with Gasteiger partial charge >= 0.3 is 11.5 Å². The van der Waals surface area contributed by atoms with Gasteiger partial charge in [-0.2, -0.15) is 0 Å². The van der Waals surface area contributed by atoms with Crippen LogP contribution in [-0.4, -0.2) is 33.5 Å². The lowest BCUT2D eigenvalue weighted by Gasteiger charge is -2.06. The lowest BCUT2D eigenvalue weighted by molar-refractivity contribution is -0.145. The SMILES string of the molecule is CCOC(=O)C(F)S(=O)(=O)NC. The lowest BCUT2D eigenvalue weighted by atomic mass is 10.7. The molecular formula is C5H10FNO4S. The molecule has 0 aliphatic heterocycles. The molecule has 1 unspecified atom stereocenters. The van der Waals surface area contributed by atoms with Crippen LogP contribution in [0.2, 0.25) is 0 Å². The van der Waals surface area contributed by atoms with Crippen molar-refractivity contribution >= 4 is 16.0 Å². The molecule has 0 heterocycles. The van der Waals surface area contributed by atoms with Crippen LogP contribution < -0.4 is 4.72 Å². The largest absolute Gasteiger partial charge is 0.463 e. The van der Waals surface area contributed by atoms with Crippen molar-refractivity contribution in [3.8, 4) is 0 Å². The molecule has 0 aromatic carbocycles. The van der Waals surface area contributed by atoms with Gasteiger partial charge in [-0.15, -0.1) is 0 Å². The molecule has 7 heteroatoms. The number of nitrogens with one attached hydrogen (secondary N) is 1. The minimum absolute atomic E-state index is 0.0571. The van der Waals surface area contributed by atoms with E-state index in [2.05, 4.69) is 4.74 Å². The average Bonchev–Trinajstić information content (AvgIpc) is 2.03. The van der Waals surface area contributed by atoms with Gasteiger partial charge in [0.2, 0.25) is 0 Å². The molecule has 0 aromatic rings. The molecule has 12 heavy (non-hydrogen) atoms. The predicted octanol–water partition coefficient (Wildman–Crippen LogP) is -0.606. The van der Waals surface area contributed by atoms with Crippen molar-refractivity contribution in [3.05, 3.63) is 0 Å². The van der Waals surface area contributed by atoms with Crippen LogP contribution in [0.15, 0.2) is 0 Å². The highest BCUT2D eigenvalue weighted by Gasteiger charge is 2.32. The number of carbonyl (C=O) groups excluding carboxylic acids is 1. The predicted molar refractivity (Wildman–Crippen MR) is 39.5 cm³/mol. The molecule has 0 aliphatic rings. The molecule has 0 radical (unpaired) electrons. The Balaban J connectivity index is 4.39. The van der Waals surface area contributed by atoms with Crippen LogP contribution in [0, 0.1) is 0 Å². The van der Waals surface area contributed by atoms with Gasteiger partial charge in [0, 0.05) is 0 Å². The van der Waals surface area contributed by atoms with Gasteiger partial charge in [-0.3, -0.25) is 0 Å². The maximum atomic E-state index is 12.6. The fourth-order valence-electron chi connectivity index (χ4n) is 0.438. The highest BCUT2D eigenvalue weighted by Crippen LogP contribution is 2.02. The number of hydrogen-bond acceptors (Lipinski definition) is 4. The molecule has 0 aromatic heterocycles. The van der Waals surface area contributed by atoms with E-state index in [4.69, 9.17) is 0 Å². The van der Waals surface area contributed by atoms with Crippen molar-refractivity contribution in [1.29, 1.82) is 0 Å². The van der Waals surface area contributed by atoms with E-state index in [0.717, 1.165) is 7.05 Å². The number of ether oxygens (including phenoxy) is 1. The van der Waals surface area contributed by atoms with E-state index in [9.17, 15) is 17.6 Å². The van der Waals surface area contributed by atoms with Crippen LogP contribution in [-0.2, 0) is 19.6 Å². The smallest absolute Gasteiger partial charge is 0.358 e. The first kappa shape index (κ1) is 11.3. The first-order valence-electron chi connectivity index (χ1n) is 3.18. The highest BCUT2D eigenvalue weighted by atomic mass is 32.2. The number of alkyl halides is 1. The summed E-state index contributed by atoms with van der Waals surface area (Å²) in [7, 11) is -3.20. The van der Waals surface area contributed by atoms with Crippen LogP contribution in [0.1, 0.15) is 6.92 Å². The number of sulfonamides is 1. The zero-order valence-electron chi connectivity index (χ0n) is 6.70. The van der Waals surface area contributed by atoms with Gasteiger partial charge in [0.05, 0.1) is 6.61 Å². The van der Waals surface area contributed by atoms with Crippen LogP contribution in [0.3, 0.4) is 0 Å². The molecule has 1 N–H and O–H groups in total. The molecule has 5 nitrogen and oxygen atoms in total. The van der Waals surface area contributed by atoms with Crippen molar-refractivity contribution in [2.24, 2.45) is 0 Å². The third-order valence-electron chi connectivity index (χ3n) is 1.03. The van der Waals surface area contributed by atoms with Crippen LogP contribution >= 0.6 is 0 Å². The van der Waals surface area contributed by atoms with Gasteiger partial charge in [-0.25, -0.2) is 22.3 Å². The molecule has 0 saturated carbocycles. The molecule has 0 rings (SSSR count). The number of carbonyl (C=O) groups is 1. The number of halogens is 1. The summed E-state index contributed by atoms with van der Waals surface area (Å²) in [5, 5.41) is 0. The molecule has 0 saturated heterocycles. The molecule has 1 atom stereocenters. The van der Waals surface area contributed by atoms with Crippen molar-refractivity contribution < 1.29 is 22.3 Å². The Labute approximate surface area is 70.0 Å². The van der Waals surface area contributed by atoms with Gasteiger partial charge in [-0.05, 0) is 14.0 Å². The van der Waals surface area contributed by atoms with Crippen LogP contribution in [0.5, 0.6) is 0 Å². The Morgan fingerprint density at radius 3 is 2.50 bits per heavy atom. The zero-order valence-corrected chi connectivity index (χ0v) is 7.52. The molecule has 72 valence electrons. The summed E-state index contributed by atoms with van der Waals surface area (Å²) in [5.41, 5.74) is -2.65. The van der Waals surface area contributed by atoms with Crippen molar-refractivity contribution in [2.45, 2.75) is 12.4 Å². The third-order valence-corrected chi connectivity index (χ3v) is 2.34. The molecule has 0 spiro atoms. The molecule has 0 aliphatic carbocycles. The Kier molecular flexibility index (Phi) is 4.11. The van der Waals surface area contributed by atoms with Crippen molar-refractivity contribution in [3.63, 3.8) is 0 Å². The highest BCUT2D eigenvalue weighted by molar-refractivity contribution is 7.90. The fraction of sp³-hybridized carbons (Fsp3) is 0.800. The van der Waals surface area contributed by atoms with Crippen molar-refractivity contribution in [2.75, 3.05) is 13.7 Å². The summed E-state index contributed by atoms with van der Waals surface area (Å²) >= 11 is 0. The van der Waals surface area contributed by atoms with Gasteiger partial charge in [0.25, 0.3) is 10.0 Å². The van der Waals surface area contributed by atoms with Gasteiger partial charge < -0.3 is 4.74 Å². The first-order valence-corrected chi connectivity index (χ1v) is 4.73. The van der Waals surface area contributed by atoms with E-state index < -0.39 is 21.5 Å². The maximum absolute atomic E-state index is 12.6. The Morgan fingerprint density at radius 2 is 2.17 bits per heavy atom. The summed E-state index contributed by atoms with van der Waals surface area (Å²) in [6.45, 7) is 1.40. The van der Waals surface area contributed by atoms with E-state index in [1.165, 1.54) is 6.92 Å². The van der Waals surface area contributed by atoms with Crippen molar-refractivity contribution in [1.82, 2.24) is 4.72 Å². The van der Waals surface area contributed by atoms with E-state index >= 15 is 0 Å². The summed E-state index contributed by atoms with van der Waals surface area (Å²) < 4.78 is 39.7. The van der Waals surface area contributed by atoms with Crippen LogP contribution in [0.4, 0.5) is 4.39 Å². The average molecular weight is 199 g/mol. The summed E-state index contributed by atoms with van der Waals surface area (Å²) in [5.74, 6) is -1.40. The molecule has 0 amide bonds. The minimum atomic E-state index is -4.21. The van der Waals surface area contributed by atoms with Crippen LogP contribution in [0.25, 0.3) is 0 Å². The quantitative estimate of drug-likeness (QED) is 0.613. The maximum Gasteiger partial charge on any atom is 0.358 e. The Morgan fingerprint density at radius 1 is 1.67 bits per heavy atom.